The molecule has 0 bridgehead atoms. The van der Waals surface area contributed by atoms with Crippen LogP contribution in [-0.4, -0.2) is 9.97 Å². The second kappa shape index (κ2) is 8.87. The summed E-state index contributed by atoms with van der Waals surface area (Å²) in [4.78, 5) is 11.5. The summed E-state index contributed by atoms with van der Waals surface area (Å²) >= 11 is 1.78. The maximum absolute atomic E-state index is 5.23. The first-order valence-electron chi connectivity index (χ1n) is 13.1. The number of aromatic nitrogens is 2. The lowest BCUT2D eigenvalue weighted by atomic mass is 9.91. The minimum atomic E-state index is 0.738. The van der Waals surface area contributed by atoms with Gasteiger partial charge in [0.2, 0.25) is 0 Å². The van der Waals surface area contributed by atoms with Crippen LogP contribution < -0.4 is 0 Å². The Morgan fingerprint density at radius 1 is 0.436 bits per heavy atom. The third kappa shape index (κ3) is 3.70. The molecule has 39 heavy (non-hydrogen) atoms. The van der Waals surface area contributed by atoms with Crippen molar-refractivity contribution in [1.29, 1.82) is 0 Å². The number of thiophene rings is 1. The lowest BCUT2D eigenvalue weighted by Crippen LogP contribution is -1.96. The van der Waals surface area contributed by atoms with E-state index in [1.807, 2.05) is 18.2 Å². The molecule has 0 spiro atoms. The van der Waals surface area contributed by atoms with E-state index in [-0.39, 0.29) is 0 Å². The summed E-state index contributed by atoms with van der Waals surface area (Å²) in [5.74, 6) is 0.738. The minimum absolute atomic E-state index is 0.738. The molecule has 182 valence electrons. The molecule has 8 aromatic rings. The molecule has 0 aliphatic rings. The van der Waals surface area contributed by atoms with Gasteiger partial charge in [0.15, 0.2) is 5.82 Å². The molecular weight excluding hydrogens is 492 g/mol. The summed E-state index contributed by atoms with van der Waals surface area (Å²) in [5, 5.41) is 8.58. The van der Waals surface area contributed by atoms with Crippen molar-refractivity contribution < 1.29 is 0 Å². The van der Waals surface area contributed by atoms with Gasteiger partial charge in [0.05, 0.1) is 16.3 Å². The Labute approximate surface area is 229 Å². The van der Waals surface area contributed by atoms with Gasteiger partial charge >= 0.3 is 0 Å². The fourth-order valence-corrected chi connectivity index (χ4v) is 6.65. The van der Waals surface area contributed by atoms with Gasteiger partial charge in [0.1, 0.15) is 0 Å². The molecule has 8 rings (SSSR count). The molecule has 0 saturated heterocycles. The van der Waals surface area contributed by atoms with E-state index < -0.39 is 0 Å². The Bertz CT molecular complexity index is 2140. The maximum Gasteiger partial charge on any atom is 0.160 e. The lowest BCUT2D eigenvalue weighted by molar-refractivity contribution is 1.19. The SMILES string of the molecule is c1ccc(-c2nc(-c3cc4ccccc4s3)cc(-c3c4ccccc4cc4c3ccc3ccccc34)n2)cc1. The van der Waals surface area contributed by atoms with Crippen molar-refractivity contribution in [2.75, 3.05) is 0 Å². The van der Waals surface area contributed by atoms with E-state index in [2.05, 4.69) is 115 Å². The zero-order chi connectivity index (χ0) is 25.8. The highest BCUT2D eigenvalue weighted by atomic mass is 32.1. The number of benzene rings is 6. The van der Waals surface area contributed by atoms with Crippen molar-refractivity contribution in [3.05, 3.63) is 133 Å². The minimum Gasteiger partial charge on any atom is -0.228 e. The lowest BCUT2D eigenvalue weighted by Gasteiger charge is -2.15. The summed E-state index contributed by atoms with van der Waals surface area (Å²) in [6.45, 7) is 0. The van der Waals surface area contributed by atoms with E-state index in [0.717, 1.165) is 33.2 Å². The van der Waals surface area contributed by atoms with Crippen LogP contribution in [0.4, 0.5) is 0 Å². The van der Waals surface area contributed by atoms with Gasteiger partial charge < -0.3 is 0 Å². The van der Waals surface area contributed by atoms with Gasteiger partial charge in [-0.25, -0.2) is 9.97 Å². The number of fused-ring (bicyclic) bond motifs is 5. The first-order chi connectivity index (χ1) is 19.3. The summed E-state index contributed by atoms with van der Waals surface area (Å²) in [7, 11) is 0. The predicted octanol–water partition coefficient (Wildman–Crippen LogP) is 10.2. The second-order valence-electron chi connectivity index (χ2n) is 9.83. The number of hydrogen-bond donors (Lipinski definition) is 0. The van der Waals surface area contributed by atoms with Crippen molar-refractivity contribution in [2.45, 2.75) is 0 Å². The molecule has 0 N–H and O–H groups in total. The van der Waals surface area contributed by atoms with Gasteiger partial charge in [0, 0.05) is 15.8 Å². The Balaban J connectivity index is 1.48. The normalized spacial score (nSPS) is 11.6. The Morgan fingerprint density at radius 3 is 1.97 bits per heavy atom. The van der Waals surface area contributed by atoms with Crippen LogP contribution in [0.25, 0.3) is 75.6 Å². The van der Waals surface area contributed by atoms with Crippen LogP contribution in [0.15, 0.2) is 133 Å². The number of hydrogen-bond acceptors (Lipinski definition) is 3. The summed E-state index contributed by atoms with van der Waals surface area (Å²) in [5.41, 5.74) is 4.04. The quantitative estimate of drug-likeness (QED) is 0.173. The van der Waals surface area contributed by atoms with Crippen LogP contribution in [-0.2, 0) is 0 Å². The molecule has 0 aliphatic carbocycles. The Morgan fingerprint density at radius 2 is 1.13 bits per heavy atom. The maximum atomic E-state index is 5.23. The zero-order valence-corrected chi connectivity index (χ0v) is 21.8. The molecule has 2 aromatic heterocycles. The highest BCUT2D eigenvalue weighted by molar-refractivity contribution is 7.22. The van der Waals surface area contributed by atoms with Gasteiger partial charge in [-0.2, -0.15) is 0 Å². The Hall–Kier alpha value is -4.86. The van der Waals surface area contributed by atoms with Gasteiger partial charge in [-0.3, -0.25) is 0 Å². The first-order valence-corrected chi connectivity index (χ1v) is 13.9. The van der Waals surface area contributed by atoms with E-state index >= 15 is 0 Å². The van der Waals surface area contributed by atoms with E-state index in [1.54, 1.807) is 11.3 Å². The van der Waals surface area contributed by atoms with Crippen LogP contribution >= 0.6 is 11.3 Å². The monoisotopic (exact) mass is 514 g/mol. The number of nitrogens with zero attached hydrogens (tertiary/aromatic N) is 2. The van der Waals surface area contributed by atoms with Gasteiger partial charge in [0.25, 0.3) is 0 Å². The van der Waals surface area contributed by atoms with Crippen molar-refractivity contribution in [3.8, 4) is 33.2 Å². The van der Waals surface area contributed by atoms with Crippen LogP contribution in [0, 0.1) is 0 Å². The molecule has 0 amide bonds. The second-order valence-corrected chi connectivity index (χ2v) is 10.9. The molecule has 0 saturated carbocycles. The molecule has 0 aliphatic heterocycles. The molecular formula is C36H22N2S. The smallest absolute Gasteiger partial charge is 0.160 e. The highest BCUT2D eigenvalue weighted by Crippen LogP contribution is 2.41. The third-order valence-electron chi connectivity index (χ3n) is 7.46. The number of rotatable bonds is 3. The van der Waals surface area contributed by atoms with Crippen LogP contribution in [0.2, 0.25) is 0 Å². The largest absolute Gasteiger partial charge is 0.228 e. The summed E-state index contributed by atoms with van der Waals surface area (Å²) in [6, 6.07) is 47.3. The van der Waals surface area contributed by atoms with Gasteiger partial charge in [-0.15, -0.1) is 11.3 Å². The third-order valence-corrected chi connectivity index (χ3v) is 8.60. The summed E-state index contributed by atoms with van der Waals surface area (Å²) in [6.07, 6.45) is 0. The predicted molar refractivity (Wildman–Crippen MR) is 166 cm³/mol. The standard InChI is InChI=1S/C36H22N2S/c1-2-11-24(12-3-1)36-37-31(34-21-26-14-6-9-17-33(26)39-34)22-32(38-36)35-28-16-8-5-13-25(28)20-30-27-15-7-4-10-23(27)18-19-29(30)35/h1-22H. The van der Waals surface area contributed by atoms with Crippen LogP contribution in [0.5, 0.6) is 0 Å². The molecule has 0 unspecified atom stereocenters. The van der Waals surface area contributed by atoms with E-state index in [9.17, 15) is 0 Å². The van der Waals surface area contributed by atoms with E-state index in [0.29, 0.717) is 0 Å². The molecule has 6 aromatic carbocycles. The first kappa shape index (κ1) is 22.2. The molecule has 2 nitrogen and oxygen atoms in total. The summed E-state index contributed by atoms with van der Waals surface area (Å²) < 4.78 is 1.26. The molecule has 0 atom stereocenters. The fraction of sp³-hybridized carbons (Fsp3) is 0. The average molecular weight is 515 g/mol. The van der Waals surface area contributed by atoms with E-state index in [1.165, 1.54) is 42.4 Å². The highest BCUT2D eigenvalue weighted by Gasteiger charge is 2.17. The van der Waals surface area contributed by atoms with Crippen LogP contribution in [0.1, 0.15) is 0 Å². The van der Waals surface area contributed by atoms with Crippen molar-refractivity contribution in [2.24, 2.45) is 0 Å². The van der Waals surface area contributed by atoms with Crippen molar-refractivity contribution in [1.82, 2.24) is 9.97 Å². The van der Waals surface area contributed by atoms with E-state index in [4.69, 9.17) is 9.97 Å². The molecule has 2 heterocycles. The van der Waals surface area contributed by atoms with Crippen molar-refractivity contribution >= 4 is 53.7 Å². The van der Waals surface area contributed by atoms with Crippen LogP contribution in [0.3, 0.4) is 0 Å². The van der Waals surface area contributed by atoms with Crippen molar-refractivity contribution in [3.63, 3.8) is 0 Å². The topological polar surface area (TPSA) is 25.8 Å². The zero-order valence-electron chi connectivity index (χ0n) is 21.0. The fourth-order valence-electron chi connectivity index (χ4n) is 5.62. The van der Waals surface area contributed by atoms with Gasteiger partial charge in [-0.05, 0) is 62.0 Å². The molecule has 0 fully saturated rings. The molecule has 3 heteroatoms. The van der Waals surface area contributed by atoms with Gasteiger partial charge in [-0.1, -0.05) is 109 Å². The average Bonchev–Trinajstić information content (AvgIpc) is 3.45. The Kier molecular flexibility index (Phi) is 5.04. The molecule has 0 radical (unpaired) electrons.